The number of benzene rings is 6. The molecule has 0 saturated carbocycles. The van der Waals surface area contributed by atoms with Gasteiger partial charge in [-0.3, -0.25) is 19.2 Å². The van der Waals surface area contributed by atoms with Crippen LogP contribution in [0.5, 0.6) is 28.7 Å². The molecule has 0 atom stereocenters. The summed E-state index contributed by atoms with van der Waals surface area (Å²) in [5, 5.41) is 11.8. The summed E-state index contributed by atoms with van der Waals surface area (Å²) in [4.78, 5) is 96.5. The van der Waals surface area contributed by atoms with Crippen LogP contribution in [-0.4, -0.2) is 219 Å². The van der Waals surface area contributed by atoms with Crippen LogP contribution in [0.2, 0.25) is 5.02 Å². The summed E-state index contributed by atoms with van der Waals surface area (Å²) in [6, 6.07) is 39.0. The second kappa shape index (κ2) is 35.1. The van der Waals surface area contributed by atoms with Crippen LogP contribution in [0.15, 0.2) is 191 Å². The Hall–Kier alpha value is -13.0. The number of ether oxygens (including phenoxy) is 5. The zero-order valence-electron chi connectivity index (χ0n) is 67.3. The maximum atomic E-state index is 13.6. The van der Waals surface area contributed by atoms with Crippen LogP contribution in [0.3, 0.4) is 0 Å². The number of methoxy groups -OCH3 is 2. The summed E-state index contributed by atoms with van der Waals surface area (Å²) in [6.07, 6.45) is 21.1. The molecule has 31 nitrogen and oxygen atoms in total. The lowest BCUT2D eigenvalue weighted by molar-refractivity contribution is -0.121. The Bertz CT molecular complexity index is 6040. The topological polar surface area (TPSA) is 280 Å². The van der Waals surface area contributed by atoms with E-state index in [4.69, 9.17) is 50.2 Å². The molecule has 12 aromatic rings. The van der Waals surface area contributed by atoms with E-state index in [0.29, 0.717) is 112 Å². The largest absolute Gasteiger partial charge is 0.495 e. The number of amides is 1. The van der Waals surface area contributed by atoms with Gasteiger partial charge in [0.25, 0.3) is 22.6 Å². The highest BCUT2D eigenvalue weighted by molar-refractivity contribution is 6.33. The zero-order chi connectivity index (χ0) is 81.6. The van der Waals surface area contributed by atoms with Gasteiger partial charge in [-0.25, -0.2) is 43.0 Å². The molecule has 0 spiro atoms. The molecule has 1 amide bonds. The number of anilines is 10. The van der Waals surface area contributed by atoms with Crippen LogP contribution >= 0.6 is 11.6 Å². The van der Waals surface area contributed by atoms with Crippen molar-refractivity contribution in [3.8, 4) is 45.8 Å². The second-order valence-corrected chi connectivity index (χ2v) is 30.6. The van der Waals surface area contributed by atoms with Gasteiger partial charge >= 0.3 is 0 Å². The van der Waals surface area contributed by atoms with Gasteiger partial charge in [-0.2, -0.15) is 15.0 Å². The summed E-state index contributed by atoms with van der Waals surface area (Å²) < 4.78 is 39.5. The molecule has 119 heavy (non-hydrogen) atoms. The van der Waals surface area contributed by atoms with Crippen molar-refractivity contribution >= 4 is 108 Å². The van der Waals surface area contributed by atoms with Crippen LogP contribution in [-0.2, 0) is 24.4 Å². The molecular formula is C87H95ClN22O9. The molecule has 3 fully saturated rings. The van der Waals surface area contributed by atoms with Crippen molar-refractivity contribution in [2.75, 3.05) is 176 Å². The van der Waals surface area contributed by atoms with Gasteiger partial charge in [-0.15, -0.1) is 0 Å². The molecular weight excluding hydrogens is 1530 g/mol. The first-order chi connectivity index (χ1) is 58.2. The molecule has 0 unspecified atom stereocenters. The van der Waals surface area contributed by atoms with Gasteiger partial charge in [-0.1, -0.05) is 60.2 Å². The maximum Gasteiger partial charge on any atom is 0.278 e. The number of carbonyl (C=O) groups excluding carboxylic acids is 1. The SMILES string of the molecule is CN1CCN(c2ccc(Nc3ncc4c(=O)n5n(c4n3)-c3ccc4c(c3)N(CCCC=CC5)C(=O)CO4)cc2Cl)CC1.COc1cc(Nc2ncc3c(=O)n4n(c3n2)-c2cccc(c2)OCCC=CC4)ccc1N1CCN(C)CC1.COc1cc(Nc2ncc3c(=O)n4n(c3n2)-c2cccc(c2)OCCCC=CC4)ccc1N1CCN(C)CC1. The smallest absolute Gasteiger partial charge is 0.278 e. The van der Waals surface area contributed by atoms with E-state index >= 15 is 0 Å². The Morgan fingerprint density at radius 2 is 0.824 bits per heavy atom. The number of hydrogen-bond acceptors (Lipinski definition) is 24. The van der Waals surface area contributed by atoms with E-state index in [0.717, 1.165) is 179 Å². The number of likely N-dealkylation sites (N-methyl/N-ethyl adjacent to an activating group) is 3. The minimum absolute atomic E-state index is 0.0158. The number of carbonyl (C=O) groups is 1. The van der Waals surface area contributed by atoms with Crippen molar-refractivity contribution in [3.63, 3.8) is 0 Å². The molecule has 3 N–H and O–H groups in total. The van der Waals surface area contributed by atoms with Crippen LogP contribution in [0.25, 0.3) is 50.2 Å². The Balaban J connectivity index is 0.000000128. The summed E-state index contributed by atoms with van der Waals surface area (Å²) in [6.45, 7) is 14.8. The third-order valence-electron chi connectivity index (χ3n) is 22.3. The molecule has 32 heteroatoms. The number of fused-ring (bicyclic) bond motifs is 17. The minimum atomic E-state index is -0.195. The van der Waals surface area contributed by atoms with Gasteiger partial charge in [0, 0.05) is 145 Å². The van der Waals surface area contributed by atoms with E-state index in [1.54, 1.807) is 56.4 Å². The van der Waals surface area contributed by atoms with Crippen molar-refractivity contribution in [2.24, 2.45) is 0 Å². The van der Waals surface area contributed by atoms with E-state index in [-0.39, 0.29) is 29.2 Å². The quantitative estimate of drug-likeness (QED) is 0.101. The Kier molecular flexibility index (Phi) is 23.1. The van der Waals surface area contributed by atoms with Gasteiger partial charge in [0.15, 0.2) is 23.5 Å². The normalized spacial score (nSPS) is 16.6. The standard InChI is InChI=1S/C30H31ClN8O3.C29H33N7O3.C28H31N7O3/c1-35-12-14-36(15-13-35)24-8-6-20(16-23(24)31)33-30-32-18-22-28(34-30)39-21-7-9-26-25(17-21)37(27(40)19-42-26)10-4-2-3-5-11-38(39)29(22)41;1-33-13-15-34(16-14-33)25-11-10-21(18-26(25)38-2)31-29-30-20-24-27(32-29)36-22-8-7-9-23(19-22)39-17-6-4-3-5-12-35(36)28(24)37;1-32-12-14-33(15-13-32)24-10-9-20(17-25(24)37-2)30-28-29-19-23-26(31-28)35-21-7-6-8-22(18-21)38-16-5-3-4-11-34(35)27(23)36/h3,5-9,16-18H,2,4,10-15,19H2,1H3,(H,32,33,34);3,5,7-11,18-20H,4,6,12-17H2,1-2H3,(H,30,31,32);3-4,6-10,17-19H,5,11-16H2,1-2H3,(H,29,30,31). The first-order valence-corrected chi connectivity index (χ1v) is 40.8. The first-order valence-electron chi connectivity index (χ1n) is 40.4. The lowest BCUT2D eigenvalue weighted by Gasteiger charge is -2.34. The molecule has 6 aromatic heterocycles. The molecule has 7 aliphatic heterocycles. The highest BCUT2D eigenvalue weighted by Crippen LogP contribution is 2.39. The first kappa shape index (κ1) is 78.5. The van der Waals surface area contributed by atoms with Crippen LogP contribution in [0.4, 0.5) is 57.7 Å². The Morgan fingerprint density at radius 1 is 0.403 bits per heavy atom. The molecule has 0 aliphatic carbocycles. The molecule has 6 aromatic carbocycles. The average Bonchev–Trinajstić information content (AvgIpc) is 1.61. The lowest BCUT2D eigenvalue weighted by Crippen LogP contribution is -2.44. The maximum absolute atomic E-state index is 13.6. The molecule has 19 rings (SSSR count). The van der Waals surface area contributed by atoms with Crippen molar-refractivity contribution in [1.82, 2.24) is 72.7 Å². The van der Waals surface area contributed by atoms with E-state index in [9.17, 15) is 19.2 Å². The summed E-state index contributed by atoms with van der Waals surface area (Å²) >= 11 is 6.71. The van der Waals surface area contributed by atoms with Gasteiger partial charge in [0.1, 0.15) is 44.9 Å². The fraction of sp³-hybridized carbons (Fsp3) is 0.333. The van der Waals surface area contributed by atoms with Crippen molar-refractivity contribution < 1.29 is 28.5 Å². The fourth-order valence-corrected chi connectivity index (χ4v) is 16.1. The zero-order valence-corrected chi connectivity index (χ0v) is 68.0. The third-order valence-corrected chi connectivity index (χ3v) is 22.6. The van der Waals surface area contributed by atoms with E-state index in [2.05, 4.69) is 99.7 Å². The molecule has 6 bridgehead atoms. The van der Waals surface area contributed by atoms with Gasteiger partial charge in [0.05, 0.1) is 91.9 Å². The molecule has 7 aliphatic rings. The number of nitrogens with zero attached hydrogens (tertiary/aromatic N) is 19. The number of halogens is 1. The third kappa shape index (κ3) is 16.9. The predicted molar refractivity (Wildman–Crippen MR) is 465 cm³/mol. The number of hydrogen-bond donors (Lipinski definition) is 3. The lowest BCUT2D eigenvalue weighted by atomic mass is 10.1. The number of allylic oxidation sites excluding steroid dienone is 5. The Labute approximate surface area is 691 Å². The average molecular weight is 1630 g/mol. The van der Waals surface area contributed by atoms with Crippen molar-refractivity contribution in [2.45, 2.75) is 51.7 Å². The molecule has 3 saturated heterocycles. The van der Waals surface area contributed by atoms with Crippen molar-refractivity contribution in [1.29, 1.82) is 0 Å². The number of nitrogens with one attached hydrogen (secondary N) is 3. The summed E-state index contributed by atoms with van der Waals surface area (Å²) in [5.74, 6) is 4.78. The van der Waals surface area contributed by atoms with E-state index in [1.165, 1.54) is 0 Å². The summed E-state index contributed by atoms with van der Waals surface area (Å²) in [5.41, 5.74) is 9.53. The van der Waals surface area contributed by atoms with Gasteiger partial charge in [-0.05, 0) is 138 Å². The number of rotatable bonds is 11. The molecule has 614 valence electrons. The highest BCUT2D eigenvalue weighted by Gasteiger charge is 2.30. The van der Waals surface area contributed by atoms with Gasteiger partial charge in [0.2, 0.25) is 17.8 Å². The van der Waals surface area contributed by atoms with Crippen LogP contribution in [0.1, 0.15) is 32.1 Å². The Morgan fingerprint density at radius 3 is 1.29 bits per heavy atom. The van der Waals surface area contributed by atoms with Crippen LogP contribution < -0.4 is 75.9 Å². The monoisotopic (exact) mass is 1630 g/mol. The van der Waals surface area contributed by atoms with Gasteiger partial charge < -0.3 is 73.9 Å². The predicted octanol–water partition coefficient (Wildman–Crippen LogP) is 11.0. The van der Waals surface area contributed by atoms with Crippen LogP contribution in [0, 0.1) is 0 Å². The second-order valence-electron chi connectivity index (χ2n) is 30.2. The highest BCUT2D eigenvalue weighted by atomic mass is 35.5. The fourth-order valence-electron chi connectivity index (χ4n) is 15.8. The van der Waals surface area contributed by atoms with E-state index < -0.39 is 0 Å². The molecule has 13 heterocycles. The van der Waals surface area contributed by atoms with Crippen molar-refractivity contribution in [3.05, 3.63) is 212 Å². The molecule has 0 radical (unpaired) electrons. The summed E-state index contributed by atoms with van der Waals surface area (Å²) in [7, 11) is 9.79. The number of piperazine rings is 3. The van der Waals surface area contributed by atoms with E-state index in [1.807, 2.05) is 149 Å². The number of aromatic nitrogens is 12. The minimum Gasteiger partial charge on any atom is -0.495 e.